The molecule has 0 amide bonds. The minimum atomic E-state index is -3.38. The molecule has 116 valence electrons. The minimum absolute atomic E-state index is 0.0900. The molecule has 0 aliphatic rings. The molecule has 1 rings (SSSR count). The highest BCUT2D eigenvalue weighted by Crippen LogP contribution is 2.15. The van der Waals surface area contributed by atoms with Crippen molar-refractivity contribution in [1.82, 2.24) is 10.0 Å². The van der Waals surface area contributed by atoms with Crippen LogP contribution in [-0.4, -0.2) is 26.8 Å². The third-order valence-electron chi connectivity index (χ3n) is 2.60. The van der Waals surface area contributed by atoms with Crippen LogP contribution in [0, 0.1) is 23.0 Å². The fourth-order valence-corrected chi connectivity index (χ4v) is 2.95. The Hall–Kier alpha value is -1.56. The van der Waals surface area contributed by atoms with Crippen LogP contribution >= 0.6 is 0 Å². The van der Waals surface area contributed by atoms with Gasteiger partial charge < -0.3 is 5.32 Å². The number of sulfonamides is 1. The van der Waals surface area contributed by atoms with Crippen LogP contribution in [0.25, 0.3) is 0 Å². The molecule has 21 heavy (non-hydrogen) atoms. The summed E-state index contributed by atoms with van der Waals surface area (Å²) in [6.45, 7) is 3.36. The lowest BCUT2D eigenvalue weighted by Gasteiger charge is -2.25. The van der Waals surface area contributed by atoms with Crippen molar-refractivity contribution < 1.29 is 17.2 Å². The van der Waals surface area contributed by atoms with Crippen molar-refractivity contribution in [3.63, 3.8) is 0 Å². The average Bonchev–Trinajstić information content (AvgIpc) is 2.29. The van der Waals surface area contributed by atoms with Crippen molar-refractivity contribution in [3.8, 4) is 6.07 Å². The maximum atomic E-state index is 13.6. The first kappa shape index (κ1) is 17.5. The number of rotatable bonds is 6. The van der Waals surface area contributed by atoms with Gasteiger partial charge in [0.2, 0.25) is 10.0 Å². The minimum Gasteiger partial charge on any atom is -0.311 e. The third kappa shape index (κ3) is 5.75. The molecule has 0 spiro atoms. The van der Waals surface area contributed by atoms with Gasteiger partial charge in [-0.25, -0.2) is 21.9 Å². The summed E-state index contributed by atoms with van der Waals surface area (Å²) in [5.74, 6) is -1.62. The summed E-state index contributed by atoms with van der Waals surface area (Å²) in [5, 5.41) is 11.4. The number of nitrogens with one attached hydrogen (secondary N) is 2. The van der Waals surface area contributed by atoms with Gasteiger partial charge in [-0.1, -0.05) is 0 Å². The zero-order valence-corrected chi connectivity index (χ0v) is 12.8. The van der Waals surface area contributed by atoms with Crippen LogP contribution in [0.5, 0.6) is 0 Å². The highest BCUT2D eigenvalue weighted by Gasteiger charge is 2.22. The predicted octanol–water partition coefficient (Wildman–Crippen LogP) is 1.25. The zero-order valence-electron chi connectivity index (χ0n) is 12.0. The number of hydrogen-bond donors (Lipinski definition) is 2. The molecule has 0 aliphatic carbocycles. The first-order valence-electron chi connectivity index (χ1n) is 6.12. The van der Waals surface area contributed by atoms with Crippen LogP contribution in [0.1, 0.15) is 25.0 Å². The van der Waals surface area contributed by atoms with Crippen LogP contribution in [0.15, 0.2) is 12.1 Å². The fourth-order valence-electron chi connectivity index (χ4n) is 1.87. The Balaban J connectivity index is 2.71. The van der Waals surface area contributed by atoms with Crippen LogP contribution in [0.4, 0.5) is 8.78 Å². The largest absolute Gasteiger partial charge is 0.311 e. The molecule has 0 saturated heterocycles. The number of benzene rings is 1. The quantitative estimate of drug-likeness (QED) is 0.827. The topological polar surface area (TPSA) is 82.0 Å². The zero-order chi connectivity index (χ0) is 16.3. The average molecular weight is 317 g/mol. The maximum absolute atomic E-state index is 13.6. The van der Waals surface area contributed by atoms with Crippen LogP contribution in [0.3, 0.4) is 0 Å². The van der Waals surface area contributed by atoms with Crippen molar-refractivity contribution in [2.75, 3.05) is 12.8 Å². The fraction of sp³-hybridized carbons (Fsp3) is 0.462. The van der Waals surface area contributed by atoms with E-state index < -0.39 is 27.2 Å². The summed E-state index contributed by atoms with van der Waals surface area (Å²) in [4.78, 5) is 0. The summed E-state index contributed by atoms with van der Waals surface area (Å²) in [7, 11) is -3.38. The second kappa shape index (κ2) is 6.47. The molecule has 5 nitrogen and oxygen atoms in total. The maximum Gasteiger partial charge on any atom is 0.209 e. The second-order valence-corrected chi connectivity index (χ2v) is 7.14. The van der Waals surface area contributed by atoms with E-state index in [-0.39, 0.29) is 24.2 Å². The van der Waals surface area contributed by atoms with Crippen molar-refractivity contribution in [2.45, 2.75) is 25.9 Å². The van der Waals surface area contributed by atoms with E-state index in [0.717, 1.165) is 18.4 Å². The van der Waals surface area contributed by atoms with E-state index in [1.165, 1.54) is 0 Å². The smallest absolute Gasteiger partial charge is 0.209 e. The van der Waals surface area contributed by atoms with E-state index >= 15 is 0 Å². The van der Waals surface area contributed by atoms with Crippen molar-refractivity contribution in [1.29, 1.82) is 5.26 Å². The molecule has 0 aliphatic heterocycles. The molecule has 0 heterocycles. The summed E-state index contributed by atoms with van der Waals surface area (Å²) in [6, 6.07) is 3.58. The SMILES string of the molecule is CC(C)(CNCc1c(F)cc(C#N)cc1F)NS(C)(=O)=O. The summed E-state index contributed by atoms with van der Waals surface area (Å²) >= 11 is 0. The second-order valence-electron chi connectivity index (χ2n) is 5.39. The van der Waals surface area contributed by atoms with Gasteiger partial charge in [-0.15, -0.1) is 0 Å². The lowest BCUT2D eigenvalue weighted by atomic mass is 10.1. The Kier molecular flexibility index (Phi) is 5.39. The Morgan fingerprint density at radius 3 is 2.24 bits per heavy atom. The van der Waals surface area contributed by atoms with Gasteiger partial charge >= 0.3 is 0 Å². The van der Waals surface area contributed by atoms with Gasteiger partial charge in [-0.2, -0.15) is 5.26 Å². The lowest BCUT2D eigenvalue weighted by Crippen LogP contribution is -2.49. The molecule has 0 fully saturated rings. The van der Waals surface area contributed by atoms with E-state index in [9.17, 15) is 17.2 Å². The van der Waals surface area contributed by atoms with Gasteiger partial charge in [0.15, 0.2) is 0 Å². The molecule has 8 heteroatoms. The highest BCUT2D eigenvalue weighted by atomic mass is 32.2. The number of nitrogens with zero attached hydrogens (tertiary/aromatic N) is 1. The van der Waals surface area contributed by atoms with Gasteiger partial charge in [-0.05, 0) is 26.0 Å². The Morgan fingerprint density at radius 2 is 1.81 bits per heavy atom. The van der Waals surface area contributed by atoms with Crippen LogP contribution < -0.4 is 10.0 Å². The Labute approximate surface area is 123 Å². The van der Waals surface area contributed by atoms with E-state index in [4.69, 9.17) is 5.26 Å². The first-order valence-corrected chi connectivity index (χ1v) is 8.01. The molecule has 1 aromatic carbocycles. The van der Waals surface area contributed by atoms with Gasteiger partial charge in [0, 0.05) is 24.2 Å². The summed E-state index contributed by atoms with van der Waals surface area (Å²) < 4.78 is 52.0. The molecular formula is C13H17F2N3O2S. The molecule has 0 bridgehead atoms. The molecule has 2 N–H and O–H groups in total. The van der Waals surface area contributed by atoms with Crippen molar-refractivity contribution in [3.05, 3.63) is 34.9 Å². The van der Waals surface area contributed by atoms with Crippen LogP contribution in [-0.2, 0) is 16.6 Å². The lowest BCUT2D eigenvalue weighted by molar-refractivity contribution is 0.415. The van der Waals surface area contributed by atoms with Gasteiger partial charge in [0.25, 0.3) is 0 Å². The van der Waals surface area contributed by atoms with Gasteiger partial charge in [-0.3, -0.25) is 0 Å². The Bertz CT molecular complexity index is 643. The van der Waals surface area contributed by atoms with E-state index in [1.54, 1.807) is 19.9 Å². The van der Waals surface area contributed by atoms with Crippen molar-refractivity contribution >= 4 is 10.0 Å². The van der Waals surface area contributed by atoms with Crippen LogP contribution in [0.2, 0.25) is 0 Å². The summed E-state index contributed by atoms with van der Waals surface area (Å²) in [5.41, 5.74) is -1.08. The molecular weight excluding hydrogens is 300 g/mol. The predicted molar refractivity (Wildman–Crippen MR) is 74.8 cm³/mol. The van der Waals surface area contributed by atoms with Gasteiger partial charge in [0.1, 0.15) is 11.6 Å². The standard InChI is InChI=1S/C13H17F2N3O2S/c1-13(2,18-21(3,19)20)8-17-7-10-11(14)4-9(6-16)5-12(10)15/h4-5,17-18H,7-8H2,1-3H3. The van der Waals surface area contributed by atoms with E-state index in [0.29, 0.717) is 0 Å². The molecule has 0 radical (unpaired) electrons. The van der Waals surface area contributed by atoms with E-state index in [1.807, 2.05) is 0 Å². The molecule has 0 unspecified atom stereocenters. The third-order valence-corrected chi connectivity index (χ3v) is 3.52. The van der Waals surface area contributed by atoms with E-state index in [2.05, 4.69) is 10.0 Å². The van der Waals surface area contributed by atoms with Gasteiger partial charge in [0.05, 0.1) is 17.9 Å². The molecule has 1 aromatic rings. The summed E-state index contributed by atoms with van der Waals surface area (Å²) in [6.07, 6.45) is 1.04. The number of halogens is 2. The Morgan fingerprint density at radius 1 is 1.29 bits per heavy atom. The molecule has 0 saturated carbocycles. The monoisotopic (exact) mass is 317 g/mol. The molecule has 0 atom stereocenters. The highest BCUT2D eigenvalue weighted by molar-refractivity contribution is 7.88. The molecule has 0 aromatic heterocycles. The van der Waals surface area contributed by atoms with Crippen molar-refractivity contribution in [2.24, 2.45) is 0 Å². The number of nitriles is 1. The normalized spacial score (nSPS) is 12.2. The first-order chi connectivity index (χ1) is 9.54. The number of hydrogen-bond acceptors (Lipinski definition) is 4.